The molecule has 8 nitrogen and oxygen atoms in total. The number of aryl methyl sites for hydroxylation is 1. The van der Waals surface area contributed by atoms with Gasteiger partial charge >= 0.3 is 0 Å². The molecule has 0 atom stereocenters. The molecule has 0 spiro atoms. The van der Waals surface area contributed by atoms with Gasteiger partial charge in [-0.3, -0.25) is 4.79 Å². The van der Waals surface area contributed by atoms with Gasteiger partial charge in [0.25, 0.3) is 5.56 Å². The zero-order chi connectivity index (χ0) is 20.8. The first-order valence-electron chi connectivity index (χ1n) is 9.31. The minimum Gasteiger partial charge on any atom is -0.436 e. The lowest BCUT2D eigenvalue weighted by molar-refractivity contribution is 0.616. The summed E-state index contributed by atoms with van der Waals surface area (Å²) in [5.74, 6) is 0.198. The van der Waals surface area contributed by atoms with E-state index in [1.807, 2.05) is 42.5 Å². The van der Waals surface area contributed by atoms with Gasteiger partial charge in [-0.25, -0.2) is 4.98 Å². The number of anilines is 1. The molecular formula is C22H16N6O2. The predicted molar refractivity (Wildman–Crippen MR) is 113 cm³/mol. The Labute approximate surface area is 170 Å². The quantitative estimate of drug-likeness (QED) is 0.481. The maximum atomic E-state index is 13.3. The summed E-state index contributed by atoms with van der Waals surface area (Å²) >= 11 is 0. The van der Waals surface area contributed by atoms with Gasteiger partial charge in [-0.1, -0.05) is 36.4 Å². The molecule has 0 aliphatic rings. The molecule has 8 heteroatoms. The van der Waals surface area contributed by atoms with Crippen LogP contribution in [-0.2, 0) is 0 Å². The van der Waals surface area contributed by atoms with Crippen molar-refractivity contribution in [2.75, 3.05) is 12.4 Å². The highest BCUT2D eigenvalue weighted by molar-refractivity contribution is 5.89. The number of aromatic nitrogens is 4. The fourth-order valence-corrected chi connectivity index (χ4v) is 3.65. The van der Waals surface area contributed by atoms with E-state index in [2.05, 4.69) is 26.5 Å². The molecule has 5 aromatic rings. The summed E-state index contributed by atoms with van der Waals surface area (Å²) in [6.07, 6.45) is 0. The summed E-state index contributed by atoms with van der Waals surface area (Å²) in [6.45, 7) is 1.78. The first-order chi connectivity index (χ1) is 14.6. The lowest BCUT2D eigenvalue weighted by Gasteiger charge is -2.05. The van der Waals surface area contributed by atoms with Crippen LogP contribution in [0.5, 0.6) is 0 Å². The predicted octanol–water partition coefficient (Wildman–Crippen LogP) is 3.72. The number of oxazole rings is 1. The zero-order valence-corrected chi connectivity index (χ0v) is 16.2. The zero-order valence-electron chi connectivity index (χ0n) is 16.2. The van der Waals surface area contributed by atoms with Crippen LogP contribution in [0.25, 0.3) is 39.3 Å². The van der Waals surface area contributed by atoms with Gasteiger partial charge in [-0.05, 0) is 24.6 Å². The topological polar surface area (TPSA) is 112 Å². The average Bonchev–Trinajstić information content (AvgIpc) is 3.35. The van der Waals surface area contributed by atoms with Crippen LogP contribution >= 0.6 is 0 Å². The summed E-state index contributed by atoms with van der Waals surface area (Å²) in [5.41, 5.74) is 4.45. The molecule has 0 unspecified atom stereocenters. The molecule has 3 aromatic heterocycles. The van der Waals surface area contributed by atoms with Crippen molar-refractivity contribution in [3.05, 3.63) is 70.3 Å². The molecule has 2 aromatic carbocycles. The van der Waals surface area contributed by atoms with E-state index in [0.717, 1.165) is 11.3 Å². The second-order valence-electron chi connectivity index (χ2n) is 6.81. The first kappa shape index (κ1) is 17.7. The molecule has 30 heavy (non-hydrogen) atoms. The number of nitrogens with zero attached hydrogens (tertiary/aromatic N) is 4. The van der Waals surface area contributed by atoms with E-state index < -0.39 is 5.56 Å². The Morgan fingerprint density at radius 3 is 2.67 bits per heavy atom. The smallest absolute Gasteiger partial charge is 0.287 e. The number of hydrogen-bond acceptors (Lipinski definition) is 6. The van der Waals surface area contributed by atoms with E-state index >= 15 is 0 Å². The monoisotopic (exact) mass is 396 g/mol. The molecule has 0 saturated heterocycles. The summed E-state index contributed by atoms with van der Waals surface area (Å²) in [7, 11) is 1.80. The Kier molecular flexibility index (Phi) is 3.89. The Morgan fingerprint density at radius 2 is 1.93 bits per heavy atom. The Morgan fingerprint density at radius 1 is 1.13 bits per heavy atom. The van der Waals surface area contributed by atoms with Gasteiger partial charge in [-0.2, -0.15) is 14.9 Å². The van der Waals surface area contributed by atoms with Crippen LogP contribution in [-0.4, -0.2) is 26.6 Å². The highest BCUT2D eigenvalue weighted by Crippen LogP contribution is 2.30. The highest BCUT2D eigenvalue weighted by atomic mass is 16.3. The van der Waals surface area contributed by atoms with E-state index in [-0.39, 0.29) is 17.1 Å². The molecule has 0 fully saturated rings. The molecule has 2 N–H and O–H groups in total. The summed E-state index contributed by atoms with van der Waals surface area (Å²) in [4.78, 5) is 21.1. The fourth-order valence-electron chi connectivity index (χ4n) is 3.65. The Hall–Kier alpha value is -4.38. The van der Waals surface area contributed by atoms with Crippen molar-refractivity contribution in [2.24, 2.45) is 0 Å². The van der Waals surface area contributed by atoms with Gasteiger partial charge in [0.2, 0.25) is 5.89 Å². The number of H-pyrrole nitrogens is 1. The molecule has 146 valence electrons. The third-order valence-corrected chi connectivity index (χ3v) is 5.04. The van der Waals surface area contributed by atoms with Crippen molar-refractivity contribution < 1.29 is 4.42 Å². The van der Waals surface area contributed by atoms with Crippen molar-refractivity contribution in [3.63, 3.8) is 0 Å². The number of hydrogen-bond donors (Lipinski definition) is 2. The number of benzene rings is 2. The van der Waals surface area contributed by atoms with E-state index in [0.29, 0.717) is 28.0 Å². The molecule has 0 saturated carbocycles. The van der Waals surface area contributed by atoms with Crippen LogP contribution in [0.4, 0.5) is 5.69 Å². The third-order valence-electron chi connectivity index (χ3n) is 5.04. The van der Waals surface area contributed by atoms with E-state index in [1.165, 1.54) is 4.52 Å². The molecule has 0 aliphatic heterocycles. The molecule has 5 rings (SSSR count). The molecule has 0 bridgehead atoms. The molecule has 3 heterocycles. The van der Waals surface area contributed by atoms with Gasteiger partial charge in [0.05, 0.1) is 11.3 Å². The average molecular weight is 396 g/mol. The van der Waals surface area contributed by atoms with Crippen molar-refractivity contribution >= 4 is 22.4 Å². The van der Waals surface area contributed by atoms with Crippen LogP contribution in [0.3, 0.4) is 0 Å². The molecule has 0 aliphatic carbocycles. The molecule has 0 amide bonds. The second kappa shape index (κ2) is 6.60. The minimum absolute atomic E-state index is 0.168. The maximum absolute atomic E-state index is 13.3. The van der Waals surface area contributed by atoms with Crippen LogP contribution in [0.2, 0.25) is 0 Å². The Bertz CT molecular complexity index is 1520. The van der Waals surface area contributed by atoms with Crippen LogP contribution in [0, 0.1) is 18.3 Å². The van der Waals surface area contributed by atoms with Crippen molar-refractivity contribution in [1.29, 1.82) is 5.26 Å². The highest BCUT2D eigenvalue weighted by Gasteiger charge is 2.23. The van der Waals surface area contributed by atoms with Crippen molar-refractivity contribution in [3.8, 4) is 28.7 Å². The van der Waals surface area contributed by atoms with Gasteiger partial charge in [0.15, 0.2) is 11.3 Å². The second-order valence-corrected chi connectivity index (χ2v) is 6.81. The Balaban J connectivity index is 1.80. The number of nitriles is 1. The van der Waals surface area contributed by atoms with Crippen LogP contribution in [0.1, 0.15) is 11.4 Å². The van der Waals surface area contributed by atoms with E-state index in [1.54, 1.807) is 20.0 Å². The fraction of sp³-hybridized carbons (Fsp3) is 0.0909. The lowest BCUT2D eigenvalue weighted by atomic mass is 10.1. The molecular weight excluding hydrogens is 380 g/mol. The summed E-state index contributed by atoms with van der Waals surface area (Å²) < 4.78 is 7.08. The van der Waals surface area contributed by atoms with E-state index in [4.69, 9.17) is 4.42 Å². The third kappa shape index (κ3) is 2.49. The van der Waals surface area contributed by atoms with Crippen LogP contribution < -0.4 is 10.9 Å². The minimum atomic E-state index is -0.405. The van der Waals surface area contributed by atoms with Gasteiger partial charge < -0.3 is 14.7 Å². The van der Waals surface area contributed by atoms with E-state index in [9.17, 15) is 10.1 Å². The normalized spacial score (nSPS) is 11.1. The first-order valence-corrected chi connectivity index (χ1v) is 9.31. The summed E-state index contributed by atoms with van der Waals surface area (Å²) in [6, 6.07) is 17.0. The van der Waals surface area contributed by atoms with Gasteiger partial charge in [0, 0.05) is 12.7 Å². The summed E-state index contributed by atoms with van der Waals surface area (Å²) in [5, 5.41) is 16.9. The number of fused-ring (bicyclic) bond motifs is 2. The standard InChI is InChI=1S/C22H16N6O2/c1-12-17(21-26-19-14(24-2)9-6-10-16(19)30-21)22(29)28-20(25-12)18(15(11-23)27-28)13-7-4-3-5-8-13/h3-10,24-25H,1-2H3. The maximum Gasteiger partial charge on any atom is 0.287 e. The van der Waals surface area contributed by atoms with Crippen LogP contribution in [0.15, 0.2) is 57.7 Å². The van der Waals surface area contributed by atoms with Crippen molar-refractivity contribution in [1.82, 2.24) is 19.6 Å². The van der Waals surface area contributed by atoms with Gasteiger partial charge in [-0.15, -0.1) is 0 Å². The number of aromatic amines is 1. The number of nitrogens with one attached hydrogen (secondary N) is 2. The van der Waals surface area contributed by atoms with Crippen molar-refractivity contribution in [2.45, 2.75) is 6.92 Å². The number of rotatable bonds is 3. The number of para-hydroxylation sites is 1. The van der Waals surface area contributed by atoms with Gasteiger partial charge in [0.1, 0.15) is 22.8 Å². The largest absolute Gasteiger partial charge is 0.436 e. The molecule has 0 radical (unpaired) electrons. The SMILES string of the molecule is CNc1cccc2oc(-c3c(C)[nH]c4c(-c5ccccc5)c(C#N)nn4c3=O)nc12. The lowest BCUT2D eigenvalue weighted by Crippen LogP contribution is -2.19.